The monoisotopic (exact) mass is 318 g/mol. The Balaban J connectivity index is 1.94. The van der Waals surface area contributed by atoms with Crippen molar-refractivity contribution in [1.82, 2.24) is 10.6 Å². The van der Waals surface area contributed by atoms with Gasteiger partial charge in [-0.1, -0.05) is 6.07 Å². The quantitative estimate of drug-likeness (QED) is 0.834. The molecular weight excluding hydrogens is 301 g/mol. The molecule has 1 amide bonds. The lowest BCUT2D eigenvalue weighted by molar-refractivity contribution is -0.153. The molecule has 2 N–H and O–H groups in total. The molecule has 5 nitrogen and oxygen atoms in total. The van der Waals surface area contributed by atoms with Gasteiger partial charge in [0.1, 0.15) is 0 Å². The van der Waals surface area contributed by atoms with E-state index in [2.05, 4.69) is 10.6 Å². The minimum absolute atomic E-state index is 0.0121. The zero-order valence-corrected chi connectivity index (χ0v) is 12.0. The molecule has 0 bridgehead atoms. The fraction of sp³-hybridized carbons (Fsp3) is 0.500. The van der Waals surface area contributed by atoms with Crippen LogP contribution >= 0.6 is 0 Å². The summed E-state index contributed by atoms with van der Waals surface area (Å²) in [7, 11) is 1.35. The van der Waals surface area contributed by atoms with E-state index in [0.717, 1.165) is 5.56 Å². The van der Waals surface area contributed by atoms with Crippen LogP contribution in [0, 0.1) is 5.92 Å². The number of hydrogen-bond donors (Lipinski definition) is 2. The number of nitrogens with one attached hydrogen (secondary N) is 2. The summed E-state index contributed by atoms with van der Waals surface area (Å²) in [5.74, 6) is 0.144. The second kappa shape index (κ2) is 6.87. The van der Waals surface area contributed by atoms with E-state index in [4.69, 9.17) is 9.47 Å². The first-order chi connectivity index (χ1) is 10.4. The smallest absolute Gasteiger partial charge is 0.422 e. The standard InChI is InChI=1S/C14H17F3N2O3/c1-21-12-4-9(5-19-13(20)10-6-18-7-10)2-3-11(12)22-8-14(15,16)17/h2-4,10,18H,5-8H2,1H3,(H,19,20). The fourth-order valence-electron chi connectivity index (χ4n) is 1.91. The number of carbonyl (C=O) groups is 1. The van der Waals surface area contributed by atoms with Crippen molar-refractivity contribution >= 4 is 5.91 Å². The molecule has 0 radical (unpaired) electrons. The molecule has 0 aromatic heterocycles. The highest BCUT2D eigenvalue weighted by Gasteiger charge is 2.29. The zero-order valence-electron chi connectivity index (χ0n) is 12.0. The average Bonchev–Trinajstić information content (AvgIpc) is 2.40. The number of amides is 1. The summed E-state index contributed by atoms with van der Waals surface area (Å²) in [4.78, 5) is 11.7. The molecule has 122 valence electrons. The highest BCUT2D eigenvalue weighted by Crippen LogP contribution is 2.29. The molecule has 0 spiro atoms. The van der Waals surface area contributed by atoms with Crippen LogP contribution in [0.2, 0.25) is 0 Å². The summed E-state index contributed by atoms with van der Waals surface area (Å²) >= 11 is 0. The van der Waals surface area contributed by atoms with Gasteiger partial charge < -0.3 is 20.1 Å². The van der Waals surface area contributed by atoms with Crippen LogP contribution in [-0.4, -0.2) is 38.9 Å². The van der Waals surface area contributed by atoms with Crippen molar-refractivity contribution in [3.8, 4) is 11.5 Å². The van der Waals surface area contributed by atoms with Crippen molar-refractivity contribution in [3.05, 3.63) is 23.8 Å². The van der Waals surface area contributed by atoms with Gasteiger partial charge in [0.2, 0.25) is 5.91 Å². The van der Waals surface area contributed by atoms with Crippen molar-refractivity contribution in [2.24, 2.45) is 5.92 Å². The van der Waals surface area contributed by atoms with Gasteiger partial charge in [-0.05, 0) is 17.7 Å². The Bertz CT molecular complexity index is 531. The van der Waals surface area contributed by atoms with Crippen LogP contribution < -0.4 is 20.1 Å². The molecule has 1 aromatic rings. The number of rotatable bonds is 6. The predicted molar refractivity (Wildman–Crippen MR) is 72.8 cm³/mol. The molecule has 1 aliphatic rings. The molecule has 0 saturated carbocycles. The molecule has 1 heterocycles. The number of hydrogen-bond acceptors (Lipinski definition) is 4. The summed E-state index contributed by atoms with van der Waals surface area (Å²) in [6.07, 6.45) is -4.41. The summed E-state index contributed by atoms with van der Waals surface area (Å²) in [6.45, 7) is 0.234. The first-order valence-electron chi connectivity index (χ1n) is 6.74. The maximum absolute atomic E-state index is 12.2. The van der Waals surface area contributed by atoms with Crippen LogP contribution in [-0.2, 0) is 11.3 Å². The number of ether oxygens (including phenoxy) is 2. The van der Waals surface area contributed by atoms with Gasteiger partial charge in [-0.25, -0.2) is 0 Å². The highest BCUT2D eigenvalue weighted by atomic mass is 19.4. The summed E-state index contributed by atoms with van der Waals surface area (Å²) in [5, 5.41) is 5.78. The normalized spacial score (nSPS) is 15.1. The third-order valence-corrected chi connectivity index (χ3v) is 3.24. The van der Waals surface area contributed by atoms with Gasteiger partial charge in [0, 0.05) is 19.6 Å². The first kappa shape index (κ1) is 16.4. The lowest BCUT2D eigenvalue weighted by atomic mass is 10.0. The SMILES string of the molecule is COc1cc(CNC(=O)C2CNC2)ccc1OCC(F)(F)F. The van der Waals surface area contributed by atoms with E-state index in [-0.39, 0.29) is 29.9 Å². The summed E-state index contributed by atoms with van der Waals surface area (Å²) < 4.78 is 46.2. The van der Waals surface area contributed by atoms with E-state index in [0.29, 0.717) is 13.1 Å². The molecule has 0 aliphatic carbocycles. The van der Waals surface area contributed by atoms with Gasteiger partial charge in [-0.3, -0.25) is 4.79 Å². The van der Waals surface area contributed by atoms with Gasteiger partial charge in [0.05, 0.1) is 13.0 Å². The Morgan fingerprint density at radius 1 is 1.36 bits per heavy atom. The van der Waals surface area contributed by atoms with Gasteiger partial charge in [-0.15, -0.1) is 0 Å². The third kappa shape index (κ3) is 4.52. The molecule has 0 atom stereocenters. The first-order valence-corrected chi connectivity index (χ1v) is 6.74. The largest absolute Gasteiger partial charge is 0.493 e. The van der Waals surface area contributed by atoms with E-state index in [9.17, 15) is 18.0 Å². The maximum atomic E-state index is 12.2. The highest BCUT2D eigenvalue weighted by molar-refractivity contribution is 5.80. The molecule has 8 heteroatoms. The maximum Gasteiger partial charge on any atom is 0.422 e. The fourth-order valence-corrected chi connectivity index (χ4v) is 1.91. The number of alkyl halides is 3. The molecule has 1 saturated heterocycles. The molecule has 0 unspecified atom stereocenters. The van der Waals surface area contributed by atoms with Crippen LogP contribution in [0.1, 0.15) is 5.56 Å². The minimum atomic E-state index is -4.41. The molecule has 1 aromatic carbocycles. The summed E-state index contributed by atoms with van der Waals surface area (Å²) in [5.41, 5.74) is 0.719. The Hall–Kier alpha value is -1.96. The van der Waals surface area contributed by atoms with Crippen molar-refractivity contribution < 1.29 is 27.4 Å². The van der Waals surface area contributed by atoms with E-state index >= 15 is 0 Å². The van der Waals surface area contributed by atoms with Crippen LogP contribution in [0.25, 0.3) is 0 Å². The van der Waals surface area contributed by atoms with Gasteiger partial charge in [-0.2, -0.15) is 13.2 Å². The molecule has 1 fully saturated rings. The number of halogens is 3. The van der Waals surface area contributed by atoms with Crippen LogP contribution in [0.5, 0.6) is 11.5 Å². The number of carbonyl (C=O) groups excluding carboxylic acids is 1. The third-order valence-electron chi connectivity index (χ3n) is 3.24. The van der Waals surface area contributed by atoms with E-state index in [1.807, 2.05) is 0 Å². The van der Waals surface area contributed by atoms with Crippen molar-refractivity contribution in [2.75, 3.05) is 26.8 Å². The van der Waals surface area contributed by atoms with Gasteiger partial charge in [0.15, 0.2) is 18.1 Å². The number of benzene rings is 1. The Morgan fingerprint density at radius 3 is 2.64 bits per heavy atom. The lowest BCUT2D eigenvalue weighted by Gasteiger charge is -2.25. The van der Waals surface area contributed by atoms with Gasteiger partial charge in [0.25, 0.3) is 0 Å². The molecule has 22 heavy (non-hydrogen) atoms. The molecular formula is C14H17F3N2O3. The summed E-state index contributed by atoms with van der Waals surface area (Å²) in [6, 6.07) is 4.54. The van der Waals surface area contributed by atoms with Crippen molar-refractivity contribution in [1.29, 1.82) is 0 Å². The minimum Gasteiger partial charge on any atom is -0.493 e. The number of methoxy groups -OCH3 is 1. The van der Waals surface area contributed by atoms with E-state index < -0.39 is 12.8 Å². The average molecular weight is 318 g/mol. The second-order valence-corrected chi connectivity index (χ2v) is 4.96. The Kier molecular flexibility index (Phi) is 5.12. The molecule has 2 rings (SSSR count). The van der Waals surface area contributed by atoms with E-state index in [1.54, 1.807) is 12.1 Å². The lowest BCUT2D eigenvalue weighted by Crippen LogP contribution is -2.50. The second-order valence-electron chi connectivity index (χ2n) is 4.96. The van der Waals surface area contributed by atoms with Crippen molar-refractivity contribution in [2.45, 2.75) is 12.7 Å². The van der Waals surface area contributed by atoms with Crippen LogP contribution in [0.15, 0.2) is 18.2 Å². The topological polar surface area (TPSA) is 59.6 Å². The van der Waals surface area contributed by atoms with Crippen molar-refractivity contribution in [3.63, 3.8) is 0 Å². The zero-order chi connectivity index (χ0) is 16.2. The Morgan fingerprint density at radius 2 is 2.09 bits per heavy atom. The Labute approximate surface area is 125 Å². The molecule has 1 aliphatic heterocycles. The van der Waals surface area contributed by atoms with Crippen LogP contribution in [0.3, 0.4) is 0 Å². The predicted octanol–water partition coefficient (Wildman–Crippen LogP) is 1.47. The van der Waals surface area contributed by atoms with E-state index in [1.165, 1.54) is 13.2 Å². The van der Waals surface area contributed by atoms with Gasteiger partial charge >= 0.3 is 6.18 Å². The van der Waals surface area contributed by atoms with Crippen LogP contribution in [0.4, 0.5) is 13.2 Å².